The highest BCUT2D eigenvalue weighted by Crippen LogP contribution is 2.21. The lowest BCUT2D eigenvalue weighted by Crippen LogP contribution is -1.95. The Hall–Kier alpha value is -1.61. The topological polar surface area (TPSA) is 4.93 Å². The molecule has 0 aliphatic carbocycles. The van der Waals surface area contributed by atoms with Gasteiger partial charge in [-0.3, -0.25) is 0 Å². The SMILES string of the molecule is Fc1cccc2c1ccn2Cc1cccs1. The highest BCUT2D eigenvalue weighted by molar-refractivity contribution is 7.09. The van der Waals surface area contributed by atoms with Gasteiger partial charge in [0.2, 0.25) is 0 Å². The van der Waals surface area contributed by atoms with Crippen molar-refractivity contribution in [2.24, 2.45) is 0 Å². The predicted octanol–water partition coefficient (Wildman–Crippen LogP) is 3.89. The van der Waals surface area contributed by atoms with Gasteiger partial charge in [0.05, 0.1) is 12.1 Å². The van der Waals surface area contributed by atoms with E-state index in [4.69, 9.17) is 0 Å². The number of nitrogens with zero attached hydrogens (tertiary/aromatic N) is 1. The van der Waals surface area contributed by atoms with Gasteiger partial charge >= 0.3 is 0 Å². The van der Waals surface area contributed by atoms with E-state index in [0.717, 1.165) is 12.1 Å². The Labute approximate surface area is 96.8 Å². The third-order valence-corrected chi connectivity index (χ3v) is 3.53. The smallest absolute Gasteiger partial charge is 0.132 e. The van der Waals surface area contributed by atoms with Gasteiger partial charge in [-0.05, 0) is 29.6 Å². The van der Waals surface area contributed by atoms with Gasteiger partial charge in [0.1, 0.15) is 5.82 Å². The summed E-state index contributed by atoms with van der Waals surface area (Å²) in [6, 6.07) is 11.2. The molecule has 80 valence electrons. The first-order chi connectivity index (χ1) is 7.84. The minimum Gasteiger partial charge on any atom is -0.342 e. The fraction of sp³-hybridized carbons (Fsp3) is 0.0769. The number of aromatic nitrogens is 1. The van der Waals surface area contributed by atoms with E-state index in [1.54, 1.807) is 17.4 Å². The standard InChI is InChI=1S/C13H10FNS/c14-12-4-1-5-13-11(12)6-7-15(13)9-10-3-2-8-16-10/h1-8H,9H2. The van der Waals surface area contributed by atoms with Gasteiger partial charge in [0.25, 0.3) is 0 Å². The van der Waals surface area contributed by atoms with Crippen LogP contribution in [0.5, 0.6) is 0 Å². The van der Waals surface area contributed by atoms with E-state index in [2.05, 4.69) is 16.0 Å². The van der Waals surface area contributed by atoms with E-state index in [9.17, 15) is 4.39 Å². The lowest BCUT2D eigenvalue weighted by atomic mass is 10.2. The number of thiophene rings is 1. The van der Waals surface area contributed by atoms with Crippen LogP contribution in [-0.2, 0) is 6.54 Å². The maximum absolute atomic E-state index is 13.5. The molecule has 0 radical (unpaired) electrons. The van der Waals surface area contributed by atoms with E-state index in [1.807, 2.05) is 24.4 Å². The highest BCUT2D eigenvalue weighted by atomic mass is 32.1. The first-order valence-electron chi connectivity index (χ1n) is 5.10. The molecule has 0 N–H and O–H groups in total. The van der Waals surface area contributed by atoms with Gasteiger partial charge in [-0.2, -0.15) is 0 Å². The van der Waals surface area contributed by atoms with Crippen molar-refractivity contribution in [3.8, 4) is 0 Å². The second-order valence-electron chi connectivity index (χ2n) is 3.70. The molecular weight excluding hydrogens is 221 g/mol. The Morgan fingerprint density at radius 2 is 2.06 bits per heavy atom. The lowest BCUT2D eigenvalue weighted by Gasteiger charge is -2.03. The van der Waals surface area contributed by atoms with E-state index in [0.29, 0.717) is 5.39 Å². The van der Waals surface area contributed by atoms with E-state index in [-0.39, 0.29) is 5.82 Å². The molecule has 0 unspecified atom stereocenters. The van der Waals surface area contributed by atoms with Gasteiger partial charge in [0, 0.05) is 16.5 Å². The van der Waals surface area contributed by atoms with Crippen molar-refractivity contribution < 1.29 is 4.39 Å². The van der Waals surface area contributed by atoms with Gasteiger partial charge in [-0.1, -0.05) is 12.1 Å². The van der Waals surface area contributed by atoms with Crippen LogP contribution >= 0.6 is 11.3 Å². The fourth-order valence-electron chi connectivity index (χ4n) is 1.89. The van der Waals surface area contributed by atoms with E-state index >= 15 is 0 Å². The molecule has 1 aromatic carbocycles. The lowest BCUT2D eigenvalue weighted by molar-refractivity contribution is 0.639. The summed E-state index contributed by atoms with van der Waals surface area (Å²) in [6.07, 6.45) is 1.94. The number of fused-ring (bicyclic) bond motifs is 1. The Kier molecular flexibility index (Phi) is 2.26. The molecule has 0 atom stereocenters. The summed E-state index contributed by atoms with van der Waals surface area (Å²) < 4.78 is 15.5. The third kappa shape index (κ3) is 1.53. The molecule has 0 amide bonds. The van der Waals surface area contributed by atoms with E-state index < -0.39 is 0 Å². The maximum atomic E-state index is 13.5. The van der Waals surface area contributed by atoms with Crippen molar-refractivity contribution in [1.82, 2.24) is 4.57 Å². The zero-order valence-electron chi connectivity index (χ0n) is 8.56. The molecule has 0 saturated carbocycles. The predicted molar refractivity (Wildman–Crippen MR) is 65.3 cm³/mol. The Morgan fingerprint density at radius 1 is 1.12 bits per heavy atom. The summed E-state index contributed by atoms with van der Waals surface area (Å²) in [5, 5.41) is 2.75. The number of rotatable bonds is 2. The Balaban J connectivity index is 2.08. The Bertz CT molecular complexity index is 610. The average molecular weight is 231 g/mol. The first kappa shape index (κ1) is 9.60. The Morgan fingerprint density at radius 3 is 2.88 bits per heavy atom. The molecule has 3 heteroatoms. The molecular formula is C13H10FNS. The van der Waals surface area contributed by atoms with Crippen molar-refractivity contribution in [3.63, 3.8) is 0 Å². The van der Waals surface area contributed by atoms with Crippen LogP contribution in [0.15, 0.2) is 48.0 Å². The zero-order chi connectivity index (χ0) is 11.0. The molecule has 16 heavy (non-hydrogen) atoms. The largest absolute Gasteiger partial charge is 0.342 e. The summed E-state index contributed by atoms with van der Waals surface area (Å²) in [4.78, 5) is 1.28. The van der Waals surface area contributed by atoms with Crippen LogP contribution in [0.2, 0.25) is 0 Å². The van der Waals surface area contributed by atoms with Gasteiger partial charge in [0.15, 0.2) is 0 Å². The molecule has 0 fully saturated rings. The molecule has 0 aliphatic heterocycles. The van der Waals surface area contributed by atoms with Gasteiger partial charge in [-0.15, -0.1) is 11.3 Å². The van der Waals surface area contributed by atoms with Crippen LogP contribution in [0.3, 0.4) is 0 Å². The summed E-state index contributed by atoms with van der Waals surface area (Å²) in [6.45, 7) is 0.810. The van der Waals surface area contributed by atoms with Crippen LogP contribution in [0, 0.1) is 5.82 Å². The first-order valence-corrected chi connectivity index (χ1v) is 5.98. The van der Waals surface area contributed by atoms with Crippen molar-refractivity contribution in [2.45, 2.75) is 6.54 Å². The van der Waals surface area contributed by atoms with Crippen LogP contribution in [0.1, 0.15) is 4.88 Å². The summed E-state index contributed by atoms with van der Waals surface area (Å²) in [5.41, 5.74) is 0.952. The second kappa shape index (κ2) is 3.76. The second-order valence-corrected chi connectivity index (χ2v) is 4.73. The minimum atomic E-state index is -0.151. The fourth-order valence-corrected chi connectivity index (χ4v) is 2.60. The molecule has 2 aromatic heterocycles. The summed E-state index contributed by atoms with van der Waals surface area (Å²) >= 11 is 1.72. The zero-order valence-corrected chi connectivity index (χ0v) is 9.38. The van der Waals surface area contributed by atoms with Gasteiger partial charge < -0.3 is 4.57 Å². The quantitative estimate of drug-likeness (QED) is 0.630. The monoisotopic (exact) mass is 231 g/mol. The molecule has 2 heterocycles. The molecule has 0 spiro atoms. The normalized spacial score (nSPS) is 11.1. The van der Waals surface area contributed by atoms with Crippen molar-refractivity contribution in [2.75, 3.05) is 0 Å². The van der Waals surface area contributed by atoms with Crippen LogP contribution < -0.4 is 0 Å². The molecule has 1 nitrogen and oxygen atoms in total. The number of hydrogen-bond acceptors (Lipinski definition) is 1. The molecule has 0 saturated heterocycles. The van der Waals surface area contributed by atoms with Crippen molar-refractivity contribution >= 4 is 22.2 Å². The van der Waals surface area contributed by atoms with E-state index in [1.165, 1.54) is 10.9 Å². The third-order valence-electron chi connectivity index (χ3n) is 2.67. The minimum absolute atomic E-state index is 0.151. The summed E-state index contributed by atoms with van der Waals surface area (Å²) in [7, 11) is 0. The van der Waals surface area contributed by atoms with Crippen molar-refractivity contribution in [3.05, 3.63) is 58.7 Å². The van der Waals surface area contributed by atoms with Crippen LogP contribution in [-0.4, -0.2) is 4.57 Å². The van der Waals surface area contributed by atoms with Crippen LogP contribution in [0.25, 0.3) is 10.9 Å². The summed E-state index contributed by atoms with van der Waals surface area (Å²) in [5.74, 6) is -0.151. The van der Waals surface area contributed by atoms with Crippen molar-refractivity contribution in [1.29, 1.82) is 0 Å². The molecule has 3 aromatic rings. The highest BCUT2D eigenvalue weighted by Gasteiger charge is 2.05. The van der Waals surface area contributed by atoms with Crippen LogP contribution in [0.4, 0.5) is 4.39 Å². The molecule has 0 aliphatic rings. The van der Waals surface area contributed by atoms with Gasteiger partial charge in [-0.25, -0.2) is 4.39 Å². The molecule has 3 rings (SSSR count). The number of halogens is 1. The molecule has 0 bridgehead atoms. The maximum Gasteiger partial charge on any atom is 0.132 e. The average Bonchev–Trinajstić information content (AvgIpc) is 2.90. The number of benzene rings is 1. The number of hydrogen-bond donors (Lipinski definition) is 0.